The molecule has 116 valence electrons. The highest BCUT2D eigenvalue weighted by Gasteiger charge is 2.10. The van der Waals surface area contributed by atoms with Crippen LogP contribution in [0, 0.1) is 32.1 Å². The monoisotopic (exact) mass is 305 g/mol. The Morgan fingerprint density at radius 2 is 1.83 bits per heavy atom. The van der Waals surface area contributed by atoms with Gasteiger partial charge in [0.2, 0.25) is 0 Å². The molecular weight excluding hydrogens is 286 g/mol. The second-order valence-corrected chi connectivity index (χ2v) is 5.46. The zero-order valence-electron chi connectivity index (χ0n) is 13.5. The van der Waals surface area contributed by atoms with E-state index in [9.17, 15) is 10.1 Å². The number of benzene rings is 2. The van der Waals surface area contributed by atoms with Crippen molar-refractivity contribution in [3.8, 4) is 6.07 Å². The van der Waals surface area contributed by atoms with Gasteiger partial charge < -0.3 is 10.6 Å². The second-order valence-electron chi connectivity index (χ2n) is 5.46. The number of hydrogen-bond acceptors (Lipinski definition) is 3. The first-order chi connectivity index (χ1) is 11.0. The molecule has 0 aliphatic rings. The van der Waals surface area contributed by atoms with Crippen LogP contribution in [0.3, 0.4) is 0 Å². The van der Waals surface area contributed by atoms with Gasteiger partial charge in [-0.3, -0.25) is 4.79 Å². The van der Waals surface area contributed by atoms with E-state index in [0.29, 0.717) is 5.69 Å². The van der Waals surface area contributed by atoms with Crippen molar-refractivity contribution in [2.24, 2.45) is 0 Å². The van der Waals surface area contributed by atoms with Gasteiger partial charge in [-0.1, -0.05) is 29.8 Å². The van der Waals surface area contributed by atoms with E-state index in [2.05, 4.69) is 10.6 Å². The quantitative estimate of drug-likeness (QED) is 0.661. The lowest BCUT2D eigenvalue weighted by molar-refractivity contribution is -0.112. The van der Waals surface area contributed by atoms with E-state index >= 15 is 0 Å². The van der Waals surface area contributed by atoms with E-state index in [1.165, 1.54) is 6.20 Å². The highest BCUT2D eigenvalue weighted by atomic mass is 16.1. The van der Waals surface area contributed by atoms with Crippen molar-refractivity contribution >= 4 is 17.3 Å². The zero-order chi connectivity index (χ0) is 16.8. The van der Waals surface area contributed by atoms with Gasteiger partial charge in [0.1, 0.15) is 11.6 Å². The van der Waals surface area contributed by atoms with Gasteiger partial charge in [0.25, 0.3) is 5.91 Å². The number of carbonyl (C=O) groups is 1. The summed E-state index contributed by atoms with van der Waals surface area (Å²) in [7, 11) is 0. The summed E-state index contributed by atoms with van der Waals surface area (Å²) in [5, 5.41) is 14.9. The standard InChI is InChI=1S/C19H19N3O/c1-13-5-4-6-17(10-13)21-12-16(11-20)19(23)22-18-8-7-14(2)9-15(18)3/h4-10,12,21H,1-3H3,(H,22,23)/b16-12-. The van der Waals surface area contributed by atoms with Crippen molar-refractivity contribution in [2.45, 2.75) is 20.8 Å². The molecule has 2 N–H and O–H groups in total. The molecule has 0 unspecified atom stereocenters. The SMILES string of the molecule is Cc1cccc(N/C=C(/C#N)C(=O)Nc2ccc(C)cc2C)c1. The van der Waals surface area contributed by atoms with Gasteiger partial charge in [-0.25, -0.2) is 0 Å². The molecule has 0 radical (unpaired) electrons. The van der Waals surface area contributed by atoms with E-state index in [-0.39, 0.29) is 5.57 Å². The van der Waals surface area contributed by atoms with E-state index in [1.807, 2.05) is 69.3 Å². The van der Waals surface area contributed by atoms with Crippen LogP contribution in [0.25, 0.3) is 0 Å². The smallest absolute Gasteiger partial charge is 0.267 e. The van der Waals surface area contributed by atoms with E-state index < -0.39 is 5.91 Å². The normalized spacial score (nSPS) is 10.8. The predicted molar refractivity (Wildman–Crippen MR) is 93.0 cm³/mol. The maximum atomic E-state index is 12.2. The number of nitriles is 1. The van der Waals surface area contributed by atoms with Crippen molar-refractivity contribution < 1.29 is 4.79 Å². The first-order valence-electron chi connectivity index (χ1n) is 7.31. The molecule has 0 aromatic heterocycles. The van der Waals surface area contributed by atoms with Crippen LogP contribution in [-0.2, 0) is 4.79 Å². The highest BCUT2D eigenvalue weighted by molar-refractivity contribution is 6.07. The second kappa shape index (κ2) is 7.28. The zero-order valence-corrected chi connectivity index (χ0v) is 13.5. The summed E-state index contributed by atoms with van der Waals surface area (Å²) in [6, 6.07) is 15.4. The minimum absolute atomic E-state index is 0.0199. The van der Waals surface area contributed by atoms with Crippen LogP contribution in [0.4, 0.5) is 11.4 Å². The summed E-state index contributed by atoms with van der Waals surface area (Å²) < 4.78 is 0. The summed E-state index contributed by atoms with van der Waals surface area (Å²) in [5.41, 5.74) is 4.74. The first kappa shape index (κ1) is 16.3. The molecule has 0 bridgehead atoms. The van der Waals surface area contributed by atoms with Crippen molar-refractivity contribution in [3.63, 3.8) is 0 Å². The van der Waals surface area contributed by atoms with Crippen LogP contribution in [0.2, 0.25) is 0 Å². The molecule has 4 heteroatoms. The highest BCUT2D eigenvalue weighted by Crippen LogP contribution is 2.17. The lowest BCUT2D eigenvalue weighted by atomic mass is 10.1. The molecule has 0 saturated heterocycles. The van der Waals surface area contributed by atoms with Gasteiger partial charge in [-0.15, -0.1) is 0 Å². The molecule has 2 aromatic carbocycles. The van der Waals surface area contributed by atoms with Crippen molar-refractivity contribution in [3.05, 3.63) is 70.9 Å². The number of rotatable bonds is 4. The average molecular weight is 305 g/mol. The maximum absolute atomic E-state index is 12.2. The Kier molecular flexibility index (Phi) is 5.16. The van der Waals surface area contributed by atoms with Crippen LogP contribution < -0.4 is 10.6 Å². The molecule has 1 amide bonds. The predicted octanol–water partition coefficient (Wildman–Crippen LogP) is 4.07. The van der Waals surface area contributed by atoms with Crippen LogP contribution in [0.15, 0.2) is 54.2 Å². The summed E-state index contributed by atoms with van der Waals surface area (Å²) in [6.07, 6.45) is 1.42. The molecule has 0 aliphatic heterocycles. The molecule has 0 fully saturated rings. The lowest BCUT2D eigenvalue weighted by Crippen LogP contribution is -2.15. The summed E-state index contributed by atoms with van der Waals surface area (Å²) in [6.45, 7) is 5.89. The first-order valence-corrected chi connectivity index (χ1v) is 7.31. The van der Waals surface area contributed by atoms with Gasteiger partial charge in [-0.05, 0) is 50.1 Å². The van der Waals surface area contributed by atoms with Crippen LogP contribution in [0.5, 0.6) is 0 Å². The third-order valence-corrected chi connectivity index (χ3v) is 3.40. The molecule has 4 nitrogen and oxygen atoms in total. The number of nitrogens with one attached hydrogen (secondary N) is 2. The van der Waals surface area contributed by atoms with Gasteiger partial charge >= 0.3 is 0 Å². The Hall–Kier alpha value is -3.06. The van der Waals surface area contributed by atoms with Gasteiger partial charge in [0.15, 0.2) is 0 Å². The Morgan fingerprint density at radius 3 is 2.48 bits per heavy atom. The van der Waals surface area contributed by atoms with Crippen molar-refractivity contribution in [1.82, 2.24) is 0 Å². The summed E-state index contributed by atoms with van der Waals surface area (Å²) in [4.78, 5) is 12.2. The molecule has 0 spiro atoms. The van der Waals surface area contributed by atoms with Crippen molar-refractivity contribution in [1.29, 1.82) is 5.26 Å². The minimum atomic E-state index is -0.431. The molecule has 0 atom stereocenters. The van der Waals surface area contributed by atoms with Crippen LogP contribution in [-0.4, -0.2) is 5.91 Å². The fraction of sp³-hybridized carbons (Fsp3) is 0.158. The number of carbonyl (C=O) groups excluding carboxylic acids is 1. The maximum Gasteiger partial charge on any atom is 0.267 e. The lowest BCUT2D eigenvalue weighted by Gasteiger charge is -2.09. The Balaban J connectivity index is 2.12. The van der Waals surface area contributed by atoms with Crippen molar-refractivity contribution in [2.75, 3.05) is 10.6 Å². The largest absolute Gasteiger partial charge is 0.360 e. The van der Waals surface area contributed by atoms with Crippen LogP contribution >= 0.6 is 0 Å². The van der Waals surface area contributed by atoms with Gasteiger partial charge in [-0.2, -0.15) is 5.26 Å². The minimum Gasteiger partial charge on any atom is -0.360 e. The molecular formula is C19H19N3O. The Bertz CT molecular complexity index is 801. The Morgan fingerprint density at radius 1 is 1.09 bits per heavy atom. The summed E-state index contributed by atoms with van der Waals surface area (Å²) in [5.74, 6) is -0.431. The molecule has 23 heavy (non-hydrogen) atoms. The molecule has 0 aliphatic carbocycles. The van der Waals surface area contributed by atoms with E-state index in [4.69, 9.17) is 0 Å². The third-order valence-electron chi connectivity index (χ3n) is 3.40. The number of hydrogen-bond donors (Lipinski definition) is 2. The third kappa shape index (κ3) is 4.45. The number of nitrogens with zero attached hydrogens (tertiary/aromatic N) is 1. The Labute approximate surface area is 136 Å². The van der Waals surface area contributed by atoms with E-state index in [1.54, 1.807) is 0 Å². The topological polar surface area (TPSA) is 64.9 Å². The average Bonchev–Trinajstić information content (AvgIpc) is 2.51. The fourth-order valence-electron chi connectivity index (χ4n) is 2.18. The number of amides is 1. The molecule has 2 aromatic rings. The fourth-order valence-corrected chi connectivity index (χ4v) is 2.18. The van der Waals surface area contributed by atoms with Crippen LogP contribution in [0.1, 0.15) is 16.7 Å². The van der Waals surface area contributed by atoms with Gasteiger partial charge in [0.05, 0.1) is 0 Å². The number of anilines is 2. The molecule has 0 heterocycles. The molecule has 2 rings (SSSR count). The number of aryl methyl sites for hydroxylation is 3. The van der Waals surface area contributed by atoms with E-state index in [0.717, 1.165) is 22.4 Å². The van der Waals surface area contributed by atoms with Gasteiger partial charge in [0, 0.05) is 17.6 Å². The summed E-state index contributed by atoms with van der Waals surface area (Å²) >= 11 is 0. The molecule has 0 saturated carbocycles.